The second-order valence-corrected chi connectivity index (χ2v) is 5.90. The number of aromatic nitrogens is 3. The van der Waals surface area contributed by atoms with Crippen molar-refractivity contribution in [2.45, 2.75) is 16.8 Å². The van der Waals surface area contributed by atoms with Crippen molar-refractivity contribution in [1.82, 2.24) is 15.2 Å². The summed E-state index contributed by atoms with van der Waals surface area (Å²) in [7, 11) is 0. The number of hydrogen-bond donors (Lipinski definition) is 2. The minimum Gasteiger partial charge on any atom is -0.395 e. The summed E-state index contributed by atoms with van der Waals surface area (Å²) in [5.74, 6) is 1.37. The highest BCUT2D eigenvalue weighted by Crippen LogP contribution is 2.24. The number of rotatable bonds is 6. The average Bonchev–Trinajstić information content (AvgIpc) is 3.04. The highest BCUT2D eigenvalue weighted by atomic mass is 32.2. The summed E-state index contributed by atoms with van der Waals surface area (Å²) in [4.78, 5) is 3.21. The van der Waals surface area contributed by atoms with Crippen molar-refractivity contribution < 1.29 is 5.11 Å². The summed E-state index contributed by atoms with van der Waals surface area (Å²) in [5.41, 5.74) is 2.27. The van der Waals surface area contributed by atoms with E-state index in [4.69, 9.17) is 0 Å². The van der Waals surface area contributed by atoms with Gasteiger partial charge < -0.3 is 10.1 Å². The van der Waals surface area contributed by atoms with E-state index in [1.54, 1.807) is 11.8 Å². The summed E-state index contributed by atoms with van der Waals surface area (Å²) < 4.78 is 0. The summed E-state index contributed by atoms with van der Waals surface area (Å²) in [6.07, 6.45) is 0. The van der Waals surface area contributed by atoms with E-state index in [2.05, 4.69) is 27.3 Å². The number of benzene rings is 2. The summed E-state index contributed by atoms with van der Waals surface area (Å²) in [6.45, 7) is 0.00198. The predicted molar refractivity (Wildman–Crippen MR) is 87.8 cm³/mol. The van der Waals surface area contributed by atoms with E-state index >= 15 is 0 Å². The Labute approximate surface area is 133 Å². The highest BCUT2D eigenvalue weighted by Gasteiger charge is 2.17. The van der Waals surface area contributed by atoms with Crippen LogP contribution in [0.4, 0.5) is 0 Å². The van der Waals surface area contributed by atoms with Crippen LogP contribution >= 0.6 is 11.8 Å². The van der Waals surface area contributed by atoms with Gasteiger partial charge >= 0.3 is 0 Å². The standard InChI is InChI=1S/C17H17N3OS/c21-11-15(14-9-5-2-6-10-14)16-18-17(20-19-16)22-12-13-7-3-1-4-8-13/h1-10,15,21H,11-12H2,(H,18,19,20). The lowest BCUT2D eigenvalue weighted by Gasteiger charge is -2.10. The molecule has 0 radical (unpaired) electrons. The fourth-order valence-electron chi connectivity index (χ4n) is 2.24. The molecule has 0 spiro atoms. The molecule has 0 saturated carbocycles. The van der Waals surface area contributed by atoms with Crippen LogP contribution in [0.2, 0.25) is 0 Å². The molecule has 1 atom stereocenters. The Balaban J connectivity index is 1.70. The Morgan fingerprint density at radius 1 is 0.955 bits per heavy atom. The maximum absolute atomic E-state index is 9.66. The molecule has 3 rings (SSSR count). The number of H-pyrrole nitrogens is 1. The molecule has 2 aromatic carbocycles. The molecule has 1 aromatic heterocycles. The molecule has 0 bridgehead atoms. The van der Waals surface area contributed by atoms with Gasteiger partial charge in [-0.3, -0.25) is 0 Å². The first-order valence-corrected chi connectivity index (χ1v) is 8.10. The Bertz CT molecular complexity index is 700. The summed E-state index contributed by atoms with van der Waals surface area (Å²) in [5, 5.41) is 18.8. The number of aromatic amines is 1. The van der Waals surface area contributed by atoms with Crippen LogP contribution in [-0.2, 0) is 5.75 Å². The smallest absolute Gasteiger partial charge is 0.188 e. The van der Waals surface area contributed by atoms with Crippen molar-refractivity contribution in [3.05, 3.63) is 77.6 Å². The molecule has 0 aliphatic carbocycles. The Kier molecular flexibility index (Phi) is 4.88. The first kappa shape index (κ1) is 14.8. The lowest BCUT2D eigenvalue weighted by Crippen LogP contribution is -2.07. The molecule has 2 N–H and O–H groups in total. The Hall–Kier alpha value is -2.11. The minimum absolute atomic E-state index is 0.00198. The molecule has 4 nitrogen and oxygen atoms in total. The van der Waals surface area contributed by atoms with Crippen molar-refractivity contribution in [2.24, 2.45) is 0 Å². The van der Waals surface area contributed by atoms with Crippen LogP contribution in [0.25, 0.3) is 0 Å². The predicted octanol–water partition coefficient (Wildman–Crippen LogP) is 3.22. The van der Waals surface area contributed by atoms with Crippen molar-refractivity contribution in [2.75, 3.05) is 6.61 Å². The van der Waals surface area contributed by atoms with Crippen LogP contribution in [0, 0.1) is 0 Å². The zero-order valence-electron chi connectivity index (χ0n) is 12.0. The quantitative estimate of drug-likeness (QED) is 0.686. The first-order valence-electron chi connectivity index (χ1n) is 7.12. The summed E-state index contributed by atoms with van der Waals surface area (Å²) in [6, 6.07) is 20.1. The Morgan fingerprint density at radius 2 is 1.64 bits per heavy atom. The number of aliphatic hydroxyl groups is 1. The van der Waals surface area contributed by atoms with E-state index in [0.29, 0.717) is 5.82 Å². The highest BCUT2D eigenvalue weighted by molar-refractivity contribution is 7.98. The molecule has 0 saturated heterocycles. The number of thioether (sulfide) groups is 1. The van der Waals surface area contributed by atoms with Gasteiger partial charge in [0.2, 0.25) is 0 Å². The lowest BCUT2D eigenvalue weighted by atomic mass is 10.00. The van der Waals surface area contributed by atoms with Crippen molar-refractivity contribution >= 4 is 11.8 Å². The number of aliphatic hydroxyl groups excluding tert-OH is 1. The number of hydrogen-bond acceptors (Lipinski definition) is 4. The SMILES string of the molecule is OCC(c1ccccc1)c1nnc(SCc2ccccc2)[nH]1. The second kappa shape index (κ2) is 7.24. The van der Waals surface area contributed by atoms with Crippen LogP contribution in [0.5, 0.6) is 0 Å². The van der Waals surface area contributed by atoms with Crippen LogP contribution < -0.4 is 0 Å². The first-order chi connectivity index (χ1) is 10.9. The van der Waals surface area contributed by atoms with E-state index < -0.39 is 0 Å². The monoisotopic (exact) mass is 311 g/mol. The van der Waals surface area contributed by atoms with E-state index in [-0.39, 0.29) is 12.5 Å². The third-order valence-electron chi connectivity index (χ3n) is 3.42. The van der Waals surface area contributed by atoms with Crippen LogP contribution in [0.1, 0.15) is 22.9 Å². The van der Waals surface area contributed by atoms with Crippen LogP contribution in [0.3, 0.4) is 0 Å². The largest absolute Gasteiger partial charge is 0.395 e. The average molecular weight is 311 g/mol. The molecule has 112 valence electrons. The maximum atomic E-state index is 9.66. The van der Waals surface area contributed by atoms with Gasteiger partial charge in [0.05, 0.1) is 12.5 Å². The van der Waals surface area contributed by atoms with E-state index in [1.807, 2.05) is 48.5 Å². The third kappa shape index (κ3) is 3.55. The molecule has 0 aliphatic heterocycles. The van der Waals surface area contributed by atoms with Gasteiger partial charge in [-0.15, -0.1) is 10.2 Å². The second-order valence-electron chi connectivity index (χ2n) is 4.94. The van der Waals surface area contributed by atoms with E-state index in [9.17, 15) is 5.11 Å². The maximum Gasteiger partial charge on any atom is 0.188 e. The molecule has 22 heavy (non-hydrogen) atoms. The summed E-state index contributed by atoms with van der Waals surface area (Å²) >= 11 is 1.61. The number of nitrogens with zero attached hydrogens (tertiary/aromatic N) is 2. The molecule has 0 fully saturated rings. The number of nitrogens with one attached hydrogen (secondary N) is 1. The van der Waals surface area contributed by atoms with Gasteiger partial charge in [-0.1, -0.05) is 72.4 Å². The van der Waals surface area contributed by atoms with Gasteiger partial charge in [-0.05, 0) is 11.1 Å². The van der Waals surface area contributed by atoms with Crippen molar-refractivity contribution in [3.8, 4) is 0 Å². The molecule has 1 unspecified atom stereocenters. The lowest BCUT2D eigenvalue weighted by molar-refractivity contribution is 0.277. The van der Waals surface area contributed by atoms with E-state index in [1.165, 1.54) is 5.56 Å². The molecular formula is C17H17N3OS. The van der Waals surface area contributed by atoms with Gasteiger partial charge in [0.1, 0.15) is 5.82 Å². The molecule has 1 heterocycles. The normalized spacial score (nSPS) is 12.2. The van der Waals surface area contributed by atoms with Crippen molar-refractivity contribution in [3.63, 3.8) is 0 Å². The molecular weight excluding hydrogens is 294 g/mol. The third-order valence-corrected chi connectivity index (χ3v) is 4.35. The fraction of sp³-hybridized carbons (Fsp3) is 0.176. The fourth-order valence-corrected chi connectivity index (χ4v) is 3.01. The van der Waals surface area contributed by atoms with E-state index in [0.717, 1.165) is 16.5 Å². The van der Waals surface area contributed by atoms with Crippen LogP contribution in [-0.4, -0.2) is 26.9 Å². The van der Waals surface area contributed by atoms with Gasteiger partial charge in [-0.2, -0.15) is 0 Å². The minimum atomic E-state index is -0.167. The van der Waals surface area contributed by atoms with Gasteiger partial charge in [0, 0.05) is 5.75 Å². The molecule has 5 heteroatoms. The zero-order chi connectivity index (χ0) is 15.2. The zero-order valence-corrected chi connectivity index (χ0v) is 12.8. The molecule has 0 aliphatic rings. The van der Waals surface area contributed by atoms with Gasteiger partial charge in [0.25, 0.3) is 0 Å². The van der Waals surface area contributed by atoms with Crippen LogP contribution in [0.15, 0.2) is 65.8 Å². The van der Waals surface area contributed by atoms with Gasteiger partial charge in [0.15, 0.2) is 5.16 Å². The Morgan fingerprint density at radius 3 is 2.32 bits per heavy atom. The molecule has 3 aromatic rings. The topological polar surface area (TPSA) is 61.8 Å². The molecule has 0 amide bonds. The van der Waals surface area contributed by atoms with Gasteiger partial charge in [-0.25, -0.2) is 0 Å². The van der Waals surface area contributed by atoms with Crippen molar-refractivity contribution in [1.29, 1.82) is 0 Å².